The third-order valence-corrected chi connectivity index (χ3v) is 4.16. The van der Waals surface area contributed by atoms with Crippen LogP contribution in [0, 0.1) is 0 Å². The zero-order valence-electron chi connectivity index (χ0n) is 12.5. The number of hydrogen-bond acceptors (Lipinski definition) is 4. The zero-order valence-corrected chi connectivity index (χ0v) is 13.2. The molecular formula is C16H21ClN4O. The molecule has 1 aliphatic heterocycles. The molecule has 1 aliphatic rings. The monoisotopic (exact) mass is 320 g/mol. The molecule has 2 N–H and O–H groups in total. The van der Waals surface area contributed by atoms with E-state index < -0.39 is 5.60 Å². The Morgan fingerprint density at radius 1 is 1.32 bits per heavy atom. The maximum atomic E-state index is 10.9. The van der Waals surface area contributed by atoms with Gasteiger partial charge < -0.3 is 10.4 Å². The van der Waals surface area contributed by atoms with Crippen LogP contribution in [0.3, 0.4) is 0 Å². The number of aliphatic hydroxyl groups is 1. The van der Waals surface area contributed by atoms with Gasteiger partial charge in [0.2, 0.25) is 0 Å². The van der Waals surface area contributed by atoms with Crippen LogP contribution in [0.1, 0.15) is 5.56 Å². The Bertz CT molecular complexity index is 587. The number of β-amino-alcohol motifs (C(OH)–C–C–N with tert-alkyl or cyclic N) is 1. The third-order valence-electron chi connectivity index (χ3n) is 3.91. The van der Waals surface area contributed by atoms with E-state index in [2.05, 4.69) is 15.3 Å². The van der Waals surface area contributed by atoms with Crippen molar-refractivity contribution in [1.82, 2.24) is 20.0 Å². The zero-order chi connectivity index (χ0) is 15.4. The van der Waals surface area contributed by atoms with Crippen molar-refractivity contribution in [1.29, 1.82) is 0 Å². The highest BCUT2D eigenvalue weighted by Gasteiger charge is 2.32. The van der Waals surface area contributed by atoms with E-state index in [0.29, 0.717) is 19.6 Å². The first kappa shape index (κ1) is 15.5. The molecule has 2 aromatic rings. The van der Waals surface area contributed by atoms with Gasteiger partial charge in [-0.1, -0.05) is 23.7 Å². The first-order chi connectivity index (χ1) is 10.6. The van der Waals surface area contributed by atoms with Crippen molar-refractivity contribution in [3.05, 3.63) is 53.3 Å². The number of halogens is 1. The molecule has 1 aromatic carbocycles. The normalized spacial score (nSPS) is 23.4. The molecule has 1 saturated heterocycles. The minimum atomic E-state index is -0.824. The fourth-order valence-electron chi connectivity index (χ4n) is 2.89. The van der Waals surface area contributed by atoms with Crippen molar-refractivity contribution in [3.63, 3.8) is 0 Å². The van der Waals surface area contributed by atoms with Gasteiger partial charge in [-0.25, -0.2) is 0 Å². The summed E-state index contributed by atoms with van der Waals surface area (Å²) in [5, 5.41) is 19.2. The van der Waals surface area contributed by atoms with Crippen LogP contribution in [0.4, 0.5) is 0 Å². The molecule has 1 aromatic heterocycles. The fourth-order valence-corrected chi connectivity index (χ4v) is 3.02. The second-order valence-corrected chi connectivity index (χ2v) is 6.38. The quantitative estimate of drug-likeness (QED) is 0.893. The van der Waals surface area contributed by atoms with Crippen molar-refractivity contribution in [2.45, 2.75) is 18.7 Å². The number of hydrogen-bond donors (Lipinski definition) is 2. The summed E-state index contributed by atoms with van der Waals surface area (Å²) in [5.74, 6) is 0. The summed E-state index contributed by atoms with van der Waals surface area (Å²) in [4.78, 5) is 2.27. The molecule has 118 valence electrons. The van der Waals surface area contributed by atoms with Crippen molar-refractivity contribution in [2.75, 3.05) is 26.2 Å². The van der Waals surface area contributed by atoms with Crippen LogP contribution < -0.4 is 5.32 Å². The van der Waals surface area contributed by atoms with Gasteiger partial charge in [0, 0.05) is 50.1 Å². The summed E-state index contributed by atoms with van der Waals surface area (Å²) in [7, 11) is 0. The Hall–Kier alpha value is -1.40. The van der Waals surface area contributed by atoms with Crippen molar-refractivity contribution >= 4 is 11.6 Å². The molecular weight excluding hydrogens is 300 g/mol. The highest BCUT2D eigenvalue weighted by Crippen LogP contribution is 2.16. The number of nitrogens with zero attached hydrogens (tertiary/aromatic N) is 3. The van der Waals surface area contributed by atoms with E-state index in [1.54, 1.807) is 10.9 Å². The molecule has 2 heterocycles. The van der Waals surface area contributed by atoms with Crippen LogP contribution in [-0.2, 0) is 13.1 Å². The van der Waals surface area contributed by atoms with Gasteiger partial charge >= 0.3 is 0 Å². The molecule has 1 fully saturated rings. The molecule has 0 amide bonds. The first-order valence-electron chi connectivity index (χ1n) is 7.50. The molecule has 0 bridgehead atoms. The lowest BCUT2D eigenvalue weighted by molar-refractivity contribution is -0.00259. The van der Waals surface area contributed by atoms with Crippen molar-refractivity contribution in [2.24, 2.45) is 0 Å². The van der Waals surface area contributed by atoms with Gasteiger partial charge in [-0.05, 0) is 23.8 Å². The van der Waals surface area contributed by atoms with E-state index in [1.807, 2.05) is 36.5 Å². The van der Waals surface area contributed by atoms with Crippen LogP contribution in [0.15, 0.2) is 42.7 Å². The lowest BCUT2D eigenvalue weighted by Crippen LogP contribution is -2.49. The van der Waals surface area contributed by atoms with Gasteiger partial charge in [-0.15, -0.1) is 0 Å². The second-order valence-electron chi connectivity index (χ2n) is 5.94. The van der Waals surface area contributed by atoms with E-state index in [9.17, 15) is 5.11 Å². The van der Waals surface area contributed by atoms with Crippen LogP contribution >= 0.6 is 11.6 Å². The number of rotatable bonds is 4. The lowest BCUT2D eigenvalue weighted by Gasteiger charge is -2.31. The molecule has 22 heavy (non-hydrogen) atoms. The Morgan fingerprint density at radius 3 is 2.86 bits per heavy atom. The smallest absolute Gasteiger partial charge is 0.109 e. The molecule has 0 saturated carbocycles. The Morgan fingerprint density at radius 2 is 2.14 bits per heavy atom. The number of benzene rings is 1. The Balaban J connectivity index is 1.67. The summed E-state index contributed by atoms with van der Waals surface area (Å²) in [5.41, 5.74) is 0.377. The predicted octanol–water partition coefficient (Wildman–Crippen LogP) is 1.37. The summed E-state index contributed by atoms with van der Waals surface area (Å²) < 4.78 is 1.79. The molecule has 5 nitrogen and oxygen atoms in total. The standard InChI is InChI=1S/C16H21ClN4O/c17-15-4-2-14(3-5-15)10-20-9-7-18-11-16(22,12-20)13-21-8-1-6-19-21/h1-6,8,18,22H,7,9-13H2. The average molecular weight is 321 g/mol. The SMILES string of the molecule is OC1(Cn2cccn2)CNCCN(Cc2ccc(Cl)cc2)C1. The average Bonchev–Trinajstić information content (AvgIpc) is 2.91. The first-order valence-corrected chi connectivity index (χ1v) is 7.88. The maximum Gasteiger partial charge on any atom is 0.109 e. The number of nitrogens with one attached hydrogen (secondary N) is 1. The molecule has 3 rings (SSSR count). The molecule has 0 radical (unpaired) electrons. The van der Waals surface area contributed by atoms with Crippen LogP contribution in [0.25, 0.3) is 0 Å². The van der Waals surface area contributed by atoms with E-state index in [4.69, 9.17) is 11.6 Å². The molecule has 0 spiro atoms. The molecule has 1 unspecified atom stereocenters. The highest BCUT2D eigenvalue weighted by molar-refractivity contribution is 6.30. The summed E-state index contributed by atoms with van der Waals surface area (Å²) in [6.45, 7) is 4.26. The van der Waals surface area contributed by atoms with Crippen LogP contribution in [-0.4, -0.2) is 51.6 Å². The molecule has 6 heteroatoms. The topological polar surface area (TPSA) is 53.3 Å². The van der Waals surface area contributed by atoms with Crippen molar-refractivity contribution < 1.29 is 5.11 Å². The third kappa shape index (κ3) is 4.08. The van der Waals surface area contributed by atoms with E-state index in [1.165, 1.54) is 5.56 Å². The predicted molar refractivity (Wildman–Crippen MR) is 86.8 cm³/mol. The summed E-state index contributed by atoms with van der Waals surface area (Å²) in [6.07, 6.45) is 3.62. The van der Waals surface area contributed by atoms with E-state index >= 15 is 0 Å². The Kier molecular flexibility index (Phi) is 4.78. The van der Waals surface area contributed by atoms with Gasteiger partial charge in [0.25, 0.3) is 0 Å². The minimum absolute atomic E-state index is 0.490. The van der Waals surface area contributed by atoms with Crippen LogP contribution in [0.5, 0.6) is 0 Å². The Labute approximate surface area is 135 Å². The van der Waals surface area contributed by atoms with E-state index in [-0.39, 0.29) is 0 Å². The minimum Gasteiger partial charge on any atom is -0.385 e. The van der Waals surface area contributed by atoms with Gasteiger partial charge in [0.1, 0.15) is 5.60 Å². The number of aromatic nitrogens is 2. The summed E-state index contributed by atoms with van der Waals surface area (Å²) >= 11 is 5.93. The second kappa shape index (κ2) is 6.79. The maximum absolute atomic E-state index is 10.9. The fraction of sp³-hybridized carbons (Fsp3) is 0.438. The summed E-state index contributed by atoms with van der Waals surface area (Å²) in [6, 6.07) is 9.76. The van der Waals surface area contributed by atoms with Gasteiger partial charge in [0.15, 0.2) is 0 Å². The van der Waals surface area contributed by atoms with Gasteiger partial charge in [0.05, 0.1) is 6.54 Å². The largest absolute Gasteiger partial charge is 0.385 e. The van der Waals surface area contributed by atoms with E-state index in [0.717, 1.165) is 24.7 Å². The van der Waals surface area contributed by atoms with Gasteiger partial charge in [-0.3, -0.25) is 9.58 Å². The highest BCUT2D eigenvalue weighted by atomic mass is 35.5. The van der Waals surface area contributed by atoms with Crippen LogP contribution in [0.2, 0.25) is 5.02 Å². The van der Waals surface area contributed by atoms with Gasteiger partial charge in [-0.2, -0.15) is 5.10 Å². The molecule has 1 atom stereocenters. The lowest BCUT2D eigenvalue weighted by atomic mass is 10.0. The van der Waals surface area contributed by atoms with Crippen molar-refractivity contribution in [3.8, 4) is 0 Å². The molecule has 0 aliphatic carbocycles.